The zero-order valence-electron chi connectivity index (χ0n) is 18.6. The summed E-state index contributed by atoms with van der Waals surface area (Å²) in [5.41, 5.74) is 2.43. The molecule has 0 unspecified atom stereocenters. The molecule has 2 aromatic carbocycles. The molecule has 1 aliphatic heterocycles. The van der Waals surface area contributed by atoms with E-state index >= 15 is 0 Å². The molecule has 32 heavy (non-hydrogen) atoms. The lowest BCUT2D eigenvalue weighted by Gasteiger charge is -2.18. The molecule has 1 N–H and O–H groups in total. The van der Waals surface area contributed by atoms with Gasteiger partial charge in [0.15, 0.2) is 0 Å². The fraction of sp³-hybridized carbons (Fsp3) is 0.333. The molecule has 0 bridgehead atoms. The van der Waals surface area contributed by atoms with Gasteiger partial charge in [-0.15, -0.1) is 5.10 Å². The highest BCUT2D eigenvalue weighted by atomic mass is 16.5. The van der Waals surface area contributed by atoms with Gasteiger partial charge in [-0.2, -0.15) is 0 Å². The van der Waals surface area contributed by atoms with Gasteiger partial charge in [0.05, 0.1) is 13.0 Å². The molecular weight excluding hydrogens is 408 g/mol. The summed E-state index contributed by atoms with van der Waals surface area (Å²) >= 11 is 0. The second-order valence-corrected chi connectivity index (χ2v) is 8.83. The van der Waals surface area contributed by atoms with Crippen LogP contribution in [0.3, 0.4) is 0 Å². The van der Waals surface area contributed by atoms with Gasteiger partial charge >= 0.3 is 6.01 Å². The van der Waals surface area contributed by atoms with Gasteiger partial charge < -0.3 is 14.1 Å². The molecule has 8 nitrogen and oxygen atoms in total. The average molecular weight is 434 g/mol. The maximum Gasteiger partial charge on any atom is 0.322 e. The normalized spacial score (nSPS) is 16.3. The zero-order valence-corrected chi connectivity index (χ0v) is 18.6. The second kappa shape index (κ2) is 8.45. The number of nitrogens with one attached hydrogen (secondary N) is 1. The quantitative estimate of drug-likeness (QED) is 0.648. The molecule has 1 atom stereocenters. The van der Waals surface area contributed by atoms with Gasteiger partial charge in [-0.3, -0.25) is 14.9 Å². The lowest BCUT2D eigenvalue weighted by Crippen LogP contribution is -2.24. The summed E-state index contributed by atoms with van der Waals surface area (Å²) in [6.45, 7) is 6.78. The first-order chi connectivity index (χ1) is 15.2. The van der Waals surface area contributed by atoms with Crippen LogP contribution >= 0.6 is 0 Å². The standard InChI is InChI=1S/C24H26N4O4/c1-24(2,3)17-7-5-15(6-8-17)21(30)25-23-27-26-22(32-23)16-13-20(29)28(14-16)18-9-11-19(31-4)12-10-18/h5-12,16H,13-14H2,1-4H3,(H,25,27,30)/t16-/m0/s1. The number of amides is 2. The molecule has 0 radical (unpaired) electrons. The molecule has 2 amide bonds. The summed E-state index contributed by atoms with van der Waals surface area (Å²) in [6, 6.07) is 14.7. The molecule has 2 heterocycles. The van der Waals surface area contributed by atoms with Gasteiger partial charge in [0.25, 0.3) is 5.91 Å². The Balaban J connectivity index is 1.41. The number of carbonyl (C=O) groups is 2. The Morgan fingerprint density at radius 1 is 1.09 bits per heavy atom. The number of aromatic nitrogens is 2. The Kier molecular flexibility index (Phi) is 5.69. The largest absolute Gasteiger partial charge is 0.497 e. The van der Waals surface area contributed by atoms with E-state index in [0.29, 0.717) is 18.0 Å². The Hall–Kier alpha value is -3.68. The van der Waals surface area contributed by atoms with Crippen molar-refractivity contribution in [1.82, 2.24) is 10.2 Å². The third kappa shape index (κ3) is 4.49. The summed E-state index contributed by atoms with van der Waals surface area (Å²) in [7, 11) is 1.60. The molecule has 0 spiro atoms. The van der Waals surface area contributed by atoms with Gasteiger partial charge in [0.2, 0.25) is 11.8 Å². The number of carbonyl (C=O) groups excluding carboxylic acids is 2. The topological polar surface area (TPSA) is 97.6 Å². The molecule has 0 aliphatic carbocycles. The molecule has 166 valence electrons. The smallest absolute Gasteiger partial charge is 0.322 e. The number of methoxy groups -OCH3 is 1. The van der Waals surface area contributed by atoms with E-state index in [1.165, 1.54) is 0 Å². The van der Waals surface area contributed by atoms with Gasteiger partial charge in [-0.1, -0.05) is 38.0 Å². The van der Waals surface area contributed by atoms with Crippen molar-refractivity contribution >= 4 is 23.5 Å². The highest BCUT2D eigenvalue weighted by Gasteiger charge is 2.35. The first-order valence-electron chi connectivity index (χ1n) is 10.4. The van der Waals surface area contributed by atoms with Crippen molar-refractivity contribution in [2.24, 2.45) is 0 Å². The van der Waals surface area contributed by atoms with Crippen LogP contribution in [-0.2, 0) is 10.2 Å². The van der Waals surface area contributed by atoms with Crippen molar-refractivity contribution < 1.29 is 18.7 Å². The van der Waals surface area contributed by atoms with Crippen LogP contribution in [0.5, 0.6) is 5.75 Å². The summed E-state index contributed by atoms with van der Waals surface area (Å²) in [5, 5.41) is 10.6. The average Bonchev–Trinajstić information content (AvgIpc) is 3.40. The molecular formula is C24H26N4O4. The molecule has 1 aromatic heterocycles. The predicted molar refractivity (Wildman–Crippen MR) is 120 cm³/mol. The highest BCUT2D eigenvalue weighted by Crippen LogP contribution is 2.32. The first-order valence-corrected chi connectivity index (χ1v) is 10.4. The third-order valence-electron chi connectivity index (χ3n) is 5.53. The first kappa shape index (κ1) is 21.5. The minimum Gasteiger partial charge on any atom is -0.497 e. The van der Waals surface area contributed by atoms with Gasteiger partial charge in [-0.25, -0.2) is 0 Å². The maximum atomic E-state index is 12.5. The van der Waals surface area contributed by atoms with E-state index in [1.54, 1.807) is 24.1 Å². The van der Waals surface area contributed by atoms with Crippen LogP contribution < -0.4 is 15.0 Å². The number of benzene rings is 2. The van der Waals surface area contributed by atoms with E-state index < -0.39 is 0 Å². The van der Waals surface area contributed by atoms with Crippen molar-refractivity contribution in [3.8, 4) is 5.75 Å². The predicted octanol–water partition coefficient (Wildman–Crippen LogP) is 4.15. The molecule has 0 saturated carbocycles. The van der Waals surface area contributed by atoms with Crippen molar-refractivity contribution in [3.05, 3.63) is 65.5 Å². The third-order valence-corrected chi connectivity index (χ3v) is 5.53. The lowest BCUT2D eigenvalue weighted by molar-refractivity contribution is -0.117. The van der Waals surface area contributed by atoms with E-state index in [2.05, 4.69) is 36.3 Å². The van der Waals surface area contributed by atoms with Crippen LogP contribution in [0.25, 0.3) is 0 Å². The van der Waals surface area contributed by atoms with Gasteiger partial charge in [0.1, 0.15) is 5.75 Å². The molecule has 8 heteroatoms. The minimum atomic E-state index is -0.331. The summed E-state index contributed by atoms with van der Waals surface area (Å²) in [6.07, 6.45) is 0.260. The second-order valence-electron chi connectivity index (χ2n) is 8.83. The van der Waals surface area contributed by atoms with Crippen LogP contribution in [0.4, 0.5) is 11.7 Å². The van der Waals surface area contributed by atoms with E-state index in [4.69, 9.17) is 9.15 Å². The van der Waals surface area contributed by atoms with E-state index in [-0.39, 0.29) is 35.6 Å². The molecule has 3 aromatic rings. The lowest BCUT2D eigenvalue weighted by atomic mass is 9.87. The molecule has 1 saturated heterocycles. The summed E-state index contributed by atoms with van der Waals surface area (Å²) in [5.74, 6) is 0.453. The number of anilines is 2. The number of hydrogen-bond donors (Lipinski definition) is 1. The van der Waals surface area contributed by atoms with Crippen molar-refractivity contribution in [2.75, 3.05) is 23.9 Å². The summed E-state index contributed by atoms with van der Waals surface area (Å²) in [4.78, 5) is 26.7. The number of ether oxygens (including phenoxy) is 1. The van der Waals surface area contributed by atoms with Crippen LogP contribution in [0.2, 0.25) is 0 Å². The Morgan fingerprint density at radius 2 is 1.78 bits per heavy atom. The SMILES string of the molecule is COc1ccc(N2C[C@@H](c3nnc(NC(=O)c4ccc(C(C)(C)C)cc4)o3)CC2=O)cc1. The van der Waals surface area contributed by atoms with E-state index in [9.17, 15) is 9.59 Å². The van der Waals surface area contributed by atoms with E-state index in [1.807, 2.05) is 36.4 Å². The Labute approximate surface area is 186 Å². The fourth-order valence-corrected chi connectivity index (χ4v) is 3.63. The molecule has 1 aliphatic rings. The number of hydrogen-bond acceptors (Lipinski definition) is 6. The fourth-order valence-electron chi connectivity index (χ4n) is 3.63. The van der Waals surface area contributed by atoms with Crippen molar-refractivity contribution in [3.63, 3.8) is 0 Å². The van der Waals surface area contributed by atoms with Crippen LogP contribution in [0, 0.1) is 0 Å². The van der Waals surface area contributed by atoms with Gasteiger partial charge in [0, 0.05) is 24.2 Å². The van der Waals surface area contributed by atoms with Crippen LogP contribution in [0.15, 0.2) is 52.9 Å². The highest BCUT2D eigenvalue weighted by molar-refractivity contribution is 6.03. The zero-order chi connectivity index (χ0) is 22.9. The van der Waals surface area contributed by atoms with Crippen LogP contribution in [0.1, 0.15) is 54.9 Å². The minimum absolute atomic E-state index is 0.00874. The van der Waals surface area contributed by atoms with E-state index in [0.717, 1.165) is 17.0 Å². The monoisotopic (exact) mass is 434 g/mol. The van der Waals surface area contributed by atoms with Crippen LogP contribution in [-0.4, -0.2) is 35.7 Å². The maximum absolute atomic E-state index is 12.5. The number of rotatable bonds is 5. The summed E-state index contributed by atoms with van der Waals surface area (Å²) < 4.78 is 10.8. The number of nitrogens with zero attached hydrogens (tertiary/aromatic N) is 3. The van der Waals surface area contributed by atoms with Crippen molar-refractivity contribution in [2.45, 2.75) is 38.5 Å². The Morgan fingerprint density at radius 3 is 2.41 bits per heavy atom. The Bertz CT molecular complexity index is 1110. The van der Waals surface area contributed by atoms with Gasteiger partial charge in [-0.05, 0) is 47.4 Å². The van der Waals surface area contributed by atoms with Crippen molar-refractivity contribution in [1.29, 1.82) is 0 Å². The molecule has 4 rings (SSSR count). The molecule has 1 fully saturated rings.